The molecule has 154 valence electrons. The van der Waals surface area contributed by atoms with Crippen LogP contribution in [0, 0.1) is 5.82 Å². The zero-order valence-corrected chi connectivity index (χ0v) is 16.5. The van der Waals surface area contributed by atoms with Gasteiger partial charge in [0, 0.05) is 16.4 Å². The Morgan fingerprint density at radius 1 is 1.00 bits per heavy atom. The summed E-state index contributed by atoms with van der Waals surface area (Å²) in [4.78, 5) is 12.8. The Kier molecular flexibility index (Phi) is 5.40. The number of hydrogen-bond donors (Lipinski definition) is 2. The fourth-order valence-corrected chi connectivity index (χ4v) is 3.48. The fraction of sp³-hybridized carbons (Fsp3) is 0.0500. The number of carbonyl (C=O) groups excluding carboxylic acids is 1. The minimum Gasteiger partial charge on any atom is -0.395 e. The number of hydrogen-bond acceptors (Lipinski definition) is 5. The summed E-state index contributed by atoms with van der Waals surface area (Å²) < 4.78 is 52.5. The van der Waals surface area contributed by atoms with Crippen molar-refractivity contribution in [2.75, 3.05) is 10.0 Å². The van der Waals surface area contributed by atoms with Crippen molar-refractivity contribution >= 4 is 40.8 Å². The third-order valence-corrected chi connectivity index (χ3v) is 5.11. The third kappa shape index (κ3) is 4.42. The van der Waals surface area contributed by atoms with Crippen molar-refractivity contribution in [2.24, 2.45) is 0 Å². The molecule has 0 fully saturated rings. The lowest BCUT2D eigenvalue weighted by Gasteiger charge is -2.11. The van der Waals surface area contributed by atoms with Gasteiger partial charge < -0.3 is 19.5 Å². The van der Waals surface area contributed by atoms with Crippen LogP contribution < -0.4 is 19.5 Å². The van der Waals surface area contributed by atoms with Crippen molar-refractivity contribution in [3.63, 3.8) is 0 Å². The number of alkyl halides is 2. The molecular weight excluding hydrogens is 441 g/mol. The van der Waals surface area contributed by atoms with Gasteiger partial charge in [-0.25, -0.2) is 4.39 Å². The van der Waals surface area contributed by atoms with Crippen LogP contribution in [0.3, 0.4) is 0 Å². The van der Waals surface area contributed by atoms with Crippen molar-refractivity contribution < 1.29 is 27.4 Å². The zero-order valence-electron chi connectivity index (χ0n) is 14.9. The maximum absolute atomic E-state index is 14.1. The summed E-state index contributed by atoms with van der Waals surface area (Å²) >= 11 is 6.83. The van der Waals surface area contributed by atoms with Crippen LogP contribution in [0.15, 0.2) is 65.6 Å². The lowest BCUT2D eigenvalue weighted by atomic mass is 10.1. The molecule has 0 spiro atoms. The van der Waals surface area contributed by atoms with Gasteiger partial charge in [0.1, 0.15) is 5.82 Å². The maximum Gasteiger partial charge on any atom is 0.586 e. The predicted octanol–water partition coefficient (Wildman–Crippen LogP) is 6.17. The third-order valence-electron chi connectivity index (χ3n) is 3.99. The van der Waals surface area contributed by atoms with Gasteiger partial charge >= 0.3 is 6.29 Å². The summed E-state index contributed by atoms with van der Waals surface area (Å²) in [6.07, 6.45) is -3.84. The molecule has 2 N–H and O–H groups in total. The van der Waals surface area contributed by atoms with E-state index in [-0.39, 0.29) is 27.6 Å². The summed E-state index contributed by atoms with van der Waals surface area (Å²) in [5.41, 5.74) is 0.837. The Balaban J connectivity index is 1.49. The van der Waals surface area contributed by atoms with Gasteiger partial charge in [0.15, 0.2) is 11.5 Å². The average Bonchev–Trinajstić information content (AvgIpc) is 3.03. The first-order chi connectivity index (χ1) is 14.3. The number of carbonyl (C=O) groups is 1. The van der Waals surface area contributed by atoms with Crippen LogP contribution in [0.1, 0.15) is 10.4 Å². The van der Waals surface area contributed by atoms with E-state index in [4.69, 9.17) is 11.6 Å². The molecule has 0 aromatic heterocycles. The Morgan fingerprint density at radius 2 is 1.73 bits per heavy atom. The molecule has 0 bridgehead atoms. The average molecular weight is 453 g/mol. The smallest absolute Gasteiger partial charge is 0.395 e. The minimum absolute atomic E-state index is 0.137. The standard InChI is InChI=1S/C20H12ClF3N2O3S/c21-11-4-6-12(7-5-11)26-30-17-10-13(8-9-15(17)22)25-19(27)14-2-1-3-16-18(14)29-20(23,24)28-16/h1-10,26H,(H,25,27). The number of para-hydroxylation sites is 1. The second-order valence-electron chi connectivity index (χ2n) is 6.11. The van der Waals surface area contributed by atoms with Gasteiger partial charge in [-0.15, -0.1) is 8.78 Å². The second-order valence-corrected chi connectivity index (χ2v) is 7.40. The number of nitrogens with one attached hydrogen (secondary N) is 2. The summed E-state index contributed by atoms with van der Waals surface area (Å²) in [5, 5.41) is 3.11. The van der Waals surface area contributed by atoms with Crippen LogP contribution in [0.25, 0.3) is 0 Å². The largest absolute Gasteiger partial charge is 0.586 e. The van der Waals surface area contributed by atoms with Crippen molar-refractivity contribution in [3.8, 4) is 11.5 Å². The zero-order chi connectivity index (χ0) is 21.3. The SMILES string of the molecule is O=C(Nc1ccc(F)c(SNc2ccc(Cl)cc2)c1)c1cccc2c1OC(F)(F)O2. The molecule has 4 rings (SSSR count). The first-order valence-corrected chi connectivity index (χ1v) is 9.68. The summed E-state index contributed by atoms with van der Waals surface area (Å²) in [6.45, 7) is 0. The molecule has 1 heterocycles. The molecule has 3 aromatic rings. The van der Waals surface area contributed by atoms with Crippen molar-refractivity contribution in [2.45, 2.75) is 11.2 Å². The van der Waals surface area contributed by atoms with E-state index in [0.29, 0.717) is 10.7 Å². The summed E-state index contributed by atoms with van der Waals surface area (Å²) in [7, 11) is 0. The molecule has 0 saturated heterocycles. The van der Waals surface area contributed by atoms with E-state index in [1.807, 2.05) is 0 Å². The molecular formula is C20H12ClF3N2O3S. The van der Waals surface area contributed by atoms with Gasteiger partial charge in [0.25, 0.3) is 5.91 Å². The van der Waals surface area contributed by atoms with Crippen molar-refractivity contribution in [3.05, 3.63) is 77.1 Å². The molecule has 10 heteroatoms. The van der Waals surface area contributed by atoms with E-state index in [2.05, 4.69) is 19.5 Å². The number of ether oxygens (including phenoxy) is 2. The topological polar surface area (TPSA) is 59.6 Å². The molecule has 0 unspecified atom stereocenters. The van der Waals surface area contributed by atoms with E-state index in [9.17, 15) is 18.0 Å². The number of rotatable bonds is 5. The van der Waals surface area contributed by atoms with Gasteiger partial charge in [-0.3, -0.25) is 4.79 Å². The Hall–Kier alpha value is -3.04. The predicted molar refractivity (Wildman–Crippen MR) is 108 cm³/mol. The van der Waals surface area contributed by atoms with Crippen molar-refractivity contribution in [1.29, 1.82) is 0 Å². The number of anilines is 2. The molecule has 1 amide bonds. The molecule has 0 radical (unpaired) electrons. The molecule has 0 aliphatic carbocycles. The maximum atomic E-state index is 14.1. The number of amides is 1. The first kappa shape index (κ1) is 20.2. The molecule has 3 aromatic carbocycles. The fourth-order valence-electron chi connectivity index (χ4n) is 2.64. The normalized spacial score (nSPS) is 13.7. The highest BCUT2D eigenvalue weighted by molar-refractivity contribution is 8.00. The molecule has 30 heavy (non-hydrogen) atoms. The van der Waals surface area contributed by atoms with E-state index in [1.54, 1.807) is 24.3 Å². The number of halogens is 4. The van der Waals surface area contributed by atoms with E-state index in [0.717, 1.165) is 11.9 Å². The van der Waals surface area contributed by atoms with Crippen molar-refractivity contribution in [1.82, 2.24) is 0 Å². The van der Waals surface area contributed by atoms with Crippen LogP contribution in [-0.4, -0.2) is 12.2 Å². The first-order valence-electron chi connectivity index (χ1n) is 8.49. The Bertz CT molecular complexity index is 1110. The highest BCUT2D eigenvalue weighted by atomic mass is 35.5. The van der Waals surface area contributed by atoms with Gasteiger partial charge in [-0.2, -0.15) is 0 Å². The van der Waals surface area contributed by atoms with E-state index in [1.165, 1.54) is 36.4 Å². The van der Waals surface area contributed by atoms with Crippen LogP contribution in [0.5, 0.6) is 11.5 Å². The van der Waals surface area contributed by atoms with E-state index >= 15 is 0 Å². The van der Waals surface area contributed by atoms with Gasteiger partial charge in [0.2, 0.25) is 0 Å². The highest BCUT2D eigenvalue weighted by Gasteiger charge is 2.45. The van der Waals surface area contributed by atoms with Crippen LogP contribution >= 0.6 is 23.5 Å². The number of benzene rings is 3. The molecule has 5 nitrogen and oxygen atoms in total. The van der Waals surface area contributed by atoms with Crippen LogP contribution in [0.2, 0.25) is 5.02 Å². The molecule has 0 atom stereocenters. The van der Waals surface area contributed by atoms with Crippen LogP contribution in [0.4, 0.5) is 24.5 Å². The quantitative estimate of drug-likeness (QED) is 0.453. The lowest BCUT2D eigenvalue weighted by Crippen LogP contribution is -2.26. The van der Waals surface area contributed by atoms with E-state index < -0.39 is 18.0 Å². The summed E-state index contributed by atoms with van der Waals surface area (Å²) in [6, 6.07) is 14.8. The number of fused-ring (bicyclic) bond motifs is 1. The van der Waals surface area contributed by atoms with Gasteiger partial charge in [0.05, 0.1) is 10.5 Å². The second kappa shape index (κ2) is 8.00. The monoisotopic (exact) mass is 452 g/mol. The molecule has 1 aliphatic rings. The highest BCUT2D eigenvalue weighted by Crippen LogP contribution is 2.43. The Morgan fingerprint density at radius 3 is 2.50 bits per heavy atom. The minimum atomic E-state index is -3.84. The Labute approximate surface area is 178 Å². The molecule has 0 saturated carbocycles. The van der Waals surface area contributed by atoms with Gasteiger partial charge in [-0.1, -0.05) is 17.7 Å². The van der Waals surface area contributed by atoms with Gasteiger partial charge in [-0.05, 0) is 66.5 Å². The summed E-state index contributed by atoms with van der Waals surface area (Å²) in [5.74, 6) is -1.81. The van der Waals surface area contributed by atoms with Crippen LogP contribution in [-0.2, 0) is 0 Å². The molecule has 1 aliphatic heterocycles. The lowest BCUT2D eigenvalue weighted by molar-refractivity contribution is -0.286.